The Morgan fingerprint density at radius 2 is 1.71 bits per heavy atom. The molecule has 3 rings (SSSR count). The second kappa shape index (κ2) is 14.7. The van der Waals surface area contributed by atoms with E-state index in [-0.39, 0.29) is 30.1 Å². The van der Waals surface area contributed by atoms with Gasteiger partial charge in [-0.05, 0) is 61.7 Å². The van der Waals surface area contributed by atoms with Gasteiger partial charge in [0, 0.05) is 11.3 Å². The summed E-state index contributed by atoms with van der Waals surface area (Å²) in [6.07, 6.45) is -3.71. The van der Waals surface area contributed by atoms with Gasteiger partial charge in [0.2, 0.25) is 0 Å². The van der Waals surface area contributed by atoms with Crippen LogP contribution in [0.25, 0.3) is 5.69 Å². The fourth-order valence-corrected chi connectivity index (χ4v) is 3.62. The maximum atomic E-state index is 13.2. The monoisotopic (exact) mass is 582 g/mol. The number of alkyl halides is 4. The molecule has 3 aromatic rings. The largest absolute Gasteiger partial charge is 0.447 e. The van der Waals surface area contributed by atoms with Gasteiger partial charge in [0.15, 0.2) is 5.69 Å². The maximum absolute atomic E-state index is 13.2. The SMILES string of the molecule is O=C(Nc1cccc(F)c1)OCCNC(=O)c1nnn(-c2ccc(C(=O)NCC(F)(F)F)cc2)c1CCCCCF. The lowest BCUT2D eigenvalue weighted by molar-refractivity contribution is -0.123. The lowest BCUT2D eigenvalue weighted by Crippen LogP contribution is -2.33. The molecule has 0 aliphatic heterocycles. The van der Waals surface area contributed by atoms with Crippen LogP contribution in [0, 0.1) is 5.82 Å². The van der Waals surface area contributed by atoms with E-state index in [2.05, 4.69) is 20.9 Å². The number of carbonyl (C=O) groups is 3. The van der Waals surface area contributed by atoms with Gasteiger partial charge in [0.25, 0.3) is 11.8 Å². The number of nitrogens with one attached hydrogen (secondary N) is 3. The summed E-state index contributed by atoms with van der Waals surface area (Å²) in [4.78, 5) is 36.7. The van der Waals surface area contributed by atoms with E-state index in [1.165, 1.54) is 47.1 Å². The van der Waals surface area contributed by atoms with E-state index in [0.717, 1.165) is 6.07 Å². The highest BCUT2D eigenvalue weighted by molar-refractivity contribution is 5.94. The van der Waals surface area contributed by atoms with E-state index in [4.69, 9.17) is 4.74 Å². The van der Waals surface area contributed by atoms with Gasteiger partial charge < -0.3 is 15.4 Å². The molecule has 0 aliphatic rings. The molecule has 3 N–H and O–H groups in total. The van der Waals surface area contributed by atoms with E-state index in [0.29, 0.717) is 37.1 Å². The van der Waals surface area contributed by atoms with Crippen LogP contribution in [-0.2, 0) is 11.2 Å². The zero-order valence-corrected chi connectivity index (χ0v) is 21.6. The number of benzene rings is 2. The molecule has 0 saturated carbocycles. The predicted molar refractivity (Wildman–Crippen MR) is 137 cm³/mol. The summed E-state index contributed by atoms with van der Waals surface area (Å²) in [7, 11) is 0. The third-order valence-electron chi connectivity index (χ3n) is 5.54. The fraction of sp³-hybridized carbons (Fsp3) is 0.346. The highest BCUT2D eigenvalue weighted by Gasteiger charge is 2.28. The summed E-state index contributed by atoms with van der Waals surface area (Å²) in [6.45, 7) is -2.24. The van der Waals surface area contributed by atoms with Crippen molar-refractivity contribution in [2.24, 2.45) is 0 Å². The summed E-state index contributed by atoms with van der Waals surface area (Å²) >= 11 is 0. The van der Waals surface area contributed by atoms with Crippen molar-refractivity contribution in [3.63, 3.8) is 0 Å². The van der Waals surface area contributed by atoms with E-state index in [1.54, 1.807) is 5.32 Å². The zero-order valence-electron chi connectivity index (χ0n) is 21.6. The molecule has 0 aliphatic carbocycles. The van der Waals surface area contributed by atoms with Gasteiger partial charge >= 0.3 is 12.3 Å². The van der Waals surface area contributed by atoms with Crippen LogP contribution in [0.15, 0.2) is 48.5 Å². The van der Waals surface area contributed by atoms with Crippen molar-refractivity contribution in [3.05, 3.63) is 71.3 Å². The van der Waals surface area contributed by atoms with Crippen LogP contribution in [0.1, 0.15) is 45.8 Å². The number of ether oxygens (including phenoxy) is 1. The average Bonchev–Trinajstić information content (AvgIpc) is 3.35. The number of anilines is 1. The van der Waals surface area contributed by atoms with Crippen molar-refractivity contribution in [1.82, 2.24) is 25.6 Å². The van der Waals surface area contributed by atoms with Gasteiger partial charge in [0.05, 0.1) is 24.6 Å². The number of unbranched alkanes of at least 4 members (excludes halogenated alkanes) is 2. The van der Waals surface area contributed by atoms with Crippen molar-refractivity contribution < 1.29 is 41.1 Å². The summed E-state index contributed by atoms with van der Waals surface area (Å²) in [5.74, 6) is -2.06. The smallest absolute Gasteiger partial charge is 0.411 e. The number of hydrogen-bond donors (Lipinski definition) is 3. The van der Waals surface area contributed by atoms with E-state index < -0.39 is 43.1 Å². The quantitative estimate of drug-likeness (QED) is 0.203. The third kappa shape index (κ3) is 9.85. The maximum Gasteiger partial charge on any atom is 0.411 e. The molecule has 2 aromatic carbocycles. The Kier molecular flexibility index (Phi) is 11.1. The van der Waals surface area contributed by atoms with Crippen molar-refractivity contribution in [2.45, 2.75) is 31.9 Å². The second-order valence-electron chi connectivity index (χ2n) is 8.67. The minimum atomic E-state index is -4.55. The zero-order chi connectivity index (χ0) is 29.8. The van der Waals surface area contributed by atoms with Crippen LogP contribution in [0.3, 0.4) is 0 Å². The number of amides is 3. The van der Waals surface area contributed by atoms with Crippen molar-refractivity contribution >= 4 is 23.6 Å². The van der Waals surface area contributed by atoms with E-state index in [1.807, 2.05) is 0 Å². The summed E-state index contributed by atoms with van der Waals surface area (Å²) in [5.41, 5.74) is 0.939. The van der Waals surface area contributed by atoms with Crippen molar-refractivity contribution in [3.8, 4) is 5.69 Å². The van der Waals surface area contributed by atoms with Crippen molar-refractivity contribution in [2.75, 3.05) is 31.7 Å². The first-order valence-corrected chi connectivity index (χ1v) is 12.5. The minimum absolute atomic E-state index is 0.0120. The molecule has 1 aromatic heterocycles. The Bertz CT molecular complexity index is 1330. The molecule has 0 saturated heterocycles. The molecule has 0 bridgehead atoms. The van der Waals surface area contributed by atoms with Gasteiger partial charge in [-0.3, -0.25) is 19.3 Å². The number of halogens is 5. The standard InChI is InChI=1S/C26H27F5N6O4/c27-12-3-1-2-7-21-22(24(39)32-13-14-41-25(40)34-19-6-4-5-18(28)15-19)35-36-37(21)20-10-8-17(9-11-20)23(38)33-16-26(29,30)31/h4-6,8-11,15H,1-3,7,12-14,16H2,(H,32,39)(H,33,38)(H,34,40). The molecule has 0 atom stereocenters. The molecule has 10 nitrogen and oxygen atoms in total. The molecule has 0 radical (unpaired) electrons. The molecule has 3 amide bonds. The molecule has 0 fully saturated rings. The first kappa shape index (κ1) is 31.0. The van der Waals surface area contributed by atoms with E-state index >= 15 is 0 Å². The summed E-state index contributed by atoms with van der Waals surface area (Å²) in [5, 5.41) is 14.7. The van der Waals surface area contributed by atoms with Crippen LogP contribution < -0.4 is 16.0 Å². The minimum Gasteiger partial charge on any atom is -0.447 e. The Morgan fingerprint density at radius 1 is 0.951 bits per heavy atom. The van der Waals surface area contributed by atoms with Gasteiger partial charge in [-0.25, -0.2) is 13.9 Å². The van der Waals surface area contributed by atoms with E-state index in [9.17, 15) is 36.3 Å². The van der Waals surface area contributed by atoms with Crippen LogP contribution in [-0.4, -0.2) is 65.4 Å². The number of hydrogen-bond acceptors (Lipinski definition) is 6. The first-order valence-electron chi connectivity index (χ1n) is 12.5. The number of carbonyl (C=O) groups excluding carboxylic acids is 3. The average molecular weight is 583 g/mol. The van der Waals surface area contributed by atoms with Gasteiger partial charge in [0.1, 0.15) is 19.0 Å². The number of aromatic nitrogens is 3. The fourth-order valence-electron chi connectivity index (χ4n) is 3.62. The van der Waals surface area contributed by atoms with Crippen molar-refractivity contribution in [1.29, 1.82) is 0 Å². The van der Waals surface area contributed by atoms with Crippen LogP contribution in [0.5, 0.6) is 0 Å². The Balaban J connectivity index is 1.63. The topological polar surface area (TPSA) is 127 Å². The molecule has 0 unspecified atom stereocenters. The van der Waals surface area contributed by atoms with Crippen LogP contribution in [0.4, 0.5) is 32.4 Å². The molecule has 15 heteroatoms. The predicted octanol–water partition coefficient (Wildman–Crippen LogP) is 4.36. The molecule has 41 heavy (non-hydrogen) atoms. The molecular formula is C26H27F5N6O4. The molecule has 220 valence electrons. The number of rotatable bonds is 13. The molecule has 0 spiro atoms. The molecule has 1 heterocycles. The van der Waals surface area contributed by atoms with Gasteiger partial charge in [-0.1, -0.05) is 17.7 Å². The second-order valence-corrected chi connectivity index (χ2v) is 8.67. The highest BCUT2D eigenvalue weighted by Crippen LogP contribution is 2.18. The van der Waals surface area contributed by atoms with Gasteiger partial charge in [-0.15, -0.1) is 5.10 Å². The summed E-state index contributed by atoms with van der Waals surface area (Å²) < 4.78 is 69.3. The number of nitrogens with zero attached hydrogens (tertiary/aromatic N) is 3. The Labute approximate surface area is 231 Å². The third-order valence-corrected chi connectivity index (χ3v) is 5.54. The molecular weight excluding hydrogens is 555 g/mol. The Morgan fingerprint density at radius 3 is 2.39 bits per heavy atom. The summed E-state index contributed by atoms with van der Waals surface area (Å²) in [6, 6.07) is 10.7. The van der Waals surface area contributed by atoms with Crippen LogP contribution >= 0.6 is 0 Å². The van der Waals surface area contributed by atoms with Gasteiger partial charge in [-0.2, -0.15) is 13.2 Å². The first-order chi connectivity index (χ1) is 19.6. The lowest BCUT2D eigenvalue weighted by Gasteiger charge is -2.11. The normalized spacial score (nSPS) is 11.1. The highest BCUT2D eigenvalue weighted by atomic mass is 19.4. The lowest BCUT2D eigenvalue weighted by atomic mass is 10.1. The van der Waals surface area contributed by atoms with Crippen LogP contribution in [0.2, 0.25) is 0 Å². The Hall–Kier alpha value is -4.56.